The third-order valence-electron chi connectivity index (χ3n) is 2.87. The van der Waals surface area contributed by atoms with E-state index in [4.69, 9.17) is 0 Å². The third kappa shape index (κ3) is 2.53. The third-order valence-corrected chi connectivity index (χ3v) is 2.87. The van der Waals surface area contributed by atoms with Crippen LogP contribution in [-0.4, -0.2) is 5.97 Å². The molecule has 0 amide bonds. The maximum Gasteiger partial charge on any atom is 0.0486 e. The maximum atomic E-state index is 10.7. The summed E-state index contributed by atoms with van der Waals surface area (Å²) in [5, 5.41) is 10.7. The van der Waals surface area contributed by atoms with Crippen molar-refractivity contribution >= 4 is 5.97 Å². The molecule has 0 aliphatic heterocycles. The average molecular weight is 225 g/mol. The number of carboxylic acids is 1. The lowest BCUT2D eigenvalue weighted by atomic mass is 9.98. The highest BCUT2D eigenvalue weighted by Crippen LogP contribution is 2.22. The van der Waals surface area contributed by atoms with Gasteiger partial charge in [0, 0.05) is 11.9 Å². The number of carbonyl (C=O) groups is 1. The van der Waals surface area contributed by atoms with Crippen LogP contribution in [0.25, 0.3) is 11.1 Å². The predicted octanol–water partition coefficient (Wildman–Crippen LogP) is 2.21. The monoisotopic (exact) mass is 225 g/mol. The van der Waals surface area contributed by atoms with Gasteiger partial charge in [-0.2, -0.15) is 0 Å². The second-order valence-corrected chi connectivity index (χ2v) is 4.03. The molecule has 2 aromatic carbocycles. The Balaban J connectivity index is 2.28. The first-order chi connectivity index (χ1) is 8.18. The summed E-state index contributed by atoms with van der Waals surface area (Å²) in [6.45, 7) is 1.63. The summed E-state index contributed by atoms with van der Waals surface area (Å²) in [5.74, 6) is -1.61. The van der Waals surface area contributed by atoms with E-state index in [9.17, 15) is 9.90 Å². The van der Waals surface area contributed by atoms with E-state index >= 15 is 0 Å². The molecule has 0 aliphatic rings. The molecule has 1 atom stereocenters. The van der Waals surface area contributed by atoms with Gasteiger partial charge < -0.3 is 9.90 Å². The standard InChI is InChI=1S/C15H14O2/c1-11(15(16)17)12-7-9-14(10-8-12)13-5-3-2-4-6-13/h2-11H,1H3,(H,16,17)/p-1/t11-/m0/s1. The molecule has 0 bridgehead atoms. The fourth-order valence-corrected chi connectivity index (χ4v) is 1.73. The molecule has 2 aromatic rings. The summed E-state index contributed by atoms with van der Waals surface area (Å²) in [7, 11) is 0. The van der Waals surface area contributed by atoms with E-state index in [0.29, 0.717) is 0 Å². The van der Waals surface area contributed by atoms with Gasteiger partial charge >= 0.3 is 0 Å². The summed E-state index contributed by atoms with van der Waals surface area (Å²) in [6.07, 6.45) is 0. The van der Waals surface area contributed by atoms with Gasteiger partial charge in [0.25, 0.3) is 0 Å². The van der Waals surface area contributed by atoms with Crippen molar-refractivity contribution in [1.82, 2.24) is 0 Å². The number of carbonyl (C=O) groups excluding carboxylic acids is 1. The molecule has 0 aliphatic carbocycles. The van der Waals surface area contributed by atoms with Gasteiger partial charge in [0.05, 0.1) is 0 Å². The van der Waals surface area contributed by atoms with Crippen LogP contribution in [0.15, 0.2) is 54.6 Å². The molecule has 86 valence electrons. The lowest BCUT2D eigenvalue weighted by Crippen LogP contribution is -2.27. The Bertz CT molecular complexity index is 500. The van der Waals surface area contributed by atoms with Crippen LogP contribution in [0.5, 0.6) is 0 Å². The molecular formula is C15H13O2-. The van der Waals surface area contributed by atoms with Gasteiger partial charge in [-0.25, -0.2) is 0 Å². The number of hydrogen-bond donors (Lipinski definition) is 0. The Morgan fingerprint density at radius 3 is 2.00 bits per heavy atom. The molecule has 0 heterocycles. The SMILES string of the molecule is C[C@H](C(=O)[O-])c1ccc(-c2ccccc2)cc1. The van der Waals surface area contributed by atoms with Crippen molar-refractivity contribution in [3.63, 3.8) is 0 Å². The number of benzene rings is 2. The van der Waals surface area contributed by atoms with E-state index in [-0.39, 0.29) is 0 Å². The summed E-state index contributed by atoms with van der Waals surface area (Å²) in [4.78, 5) is 10.7. The summed E-state index contributed by atoms with van der Waals surface area (Å²) in [6, 6.07) is 17.5. The Morgan fingerprint density at radius 2 is 1.47 bits per heavy atom. The first-order valence-corrected chi connectivity index (χ1v) is 5.54. The summed E-state index contributed by atoms with van der Waals surface area (Å²) < 4.78 is 0. The zero-order valence-electron chi connectivity index (χ0n) is 9.59. The van der Waals surface area contributed by atoms with Gasteiger partial charge in [-0.1, -0.05) is 61.5 Å². The Hall–Kier alpha value is -2.09. The topological polar surface area (TPSA) is 40.1 Å². The van der Waals surface area contributed by atoms with Crippen LogP contribution in [0, 0.1) is 0 Å². The smallest absolute Gasteiger partial charge is 0.0486 e. The van der Waals surface area contributed by atoms with Crippen molar-refractivity contribution in [2.75, 3.05) is 0 Å². The molecule has 0 unspecified atom stereocenters. The van der Waals surface area contributed by atoms with Crippen LogP contribution in [0.2, 0.25) is 0 Å². The normalized spacial score (nSPS) is 12.1. The van der Waals surface area contributed by atoms with Gasteiger partial charge in [0.15, 0.2) is 0 Å². The Kier molecular flexibility index (Phi) is 3.24. The zero-order valence-corrected chi connectivity index (χ0v) is 9.59. The molecular weight excluding hydrogens is 212 g/mol. The molecule has 0 saturated heterocycles. The second-order valence-electron chi connectivity index (χ2n) is 4.03. The van der Waals surface area contributed by atoms with Crippen molar-refractivity contribution in [3.8, 4) is 11.1 Å². The fourth-order valence-electron chi connectivity index (χ4n) is 1.73. The van der Waals surface area contributed by atoms with Crippen LogP contribution < -0.4 is 5.11 Å². The molecule has 0 saturated carbocycles. The minimum atomic E-state index is -1.04. The predicted molar refractivity (Wildman–Crippen MR) is 65.3 cm³/mol. The quantitative estimate of drug-likeness (QED) is 0.803. The molecule has 0 fully saturated rings. The maximum absolute atomic E-state index is 10.7. The van der Waals surface area contributed by atoms with E-state index in [1.165, 1.54) is 0 Å². The van der Waals surface area contributed by atoms with E-state index in [1.807, 2.05) is 54.6 Å². The number of aliphatic carboxylic acids is 1. The Morgan fingerprint density at radius 1 is 0.941 bits per heavy atom. The summed E-state index contributed by atoms with van der Waals surface area (Å²) in [5.41, 5.74) is 2.98. The van der Waals surface area contributed by atoms with Crippen LogP contribution >= 0.6 is 0 Å². The molecule has 2 rings (SSSR count). The van der Waals surface area contributed by atoms with Crippen molar-refractivity contribution in [3.05, 3.63) is 60.2 Å². The number of rotatable bonds is 3. The van der Waals surface area contributed by atoms with Gasteiger partial charge in [-0.15, -0.1) is 0 Å². The number of hydrogen-bond acceptors (Lipinski definition) is 2. The van der Waals surface area contributed by atoms with Crippen LogP contribution in [0.4, 0.5) is 0 Å². The molecule has 17 heavy (non-hydrogen) atoms. The van der Waals surface area contributed by atoms with Crippen LogP contribution in [0.3, 0.4) is 0 Å². The van der Waals surface area contributed by atoms with Gasteiger partial charge in [-0.05, 0) is 16.7 Å². The van der Waals surface area contributed by atoms with Crippen molar-refractivity contribution in [2.24, 2.45) is 0 Å². The Labute approximate surface area is 101 Å². The van der Waals surface area contributed by atoms with Crippen LogP contribution in [0.1, 0.15) is 18.4 Å². The largest absolute Gasteiger partial charge is 0.550 e. The summed E-state index contributed by atoms with van der Waals surface area (Å²) >= 11 is 0. The van der Waals surface area contributed by atoms with Gasteiger partial charge in [0.1, 0.15) is 0 Å². The minimum Gasteiger partial charge on any atom is -0.550 e. The molecule has 0 aromatic heterocycles. The molecule has 0 N–H and O–H groups in total. The highest BCUT2D eigenvalue weighted by atomic mass is 16.4. The molecule has 2 heteroatoms. The fraction of sp³-hybridized carbons (Fsp3) is 0.133. The highest BCUT2D eigenvalue weighted by Gasteiger charge is 2.06. The molecule has 0 spiro atoms. The van der Waals surface area contributed by atoms with E-state index < -0.39 is 11.9 Å². The van der Waals surface area contributed by atoms with Crippen LogP contribution in [-0.2, 0) is 4.79 Å². The first-order valence-electron chi connectivity index (χ1n) is 5.54. The van der Waals surface area contributed by atoms with E-state index in [1.54, 1.807) is 6.92 Å². The van der Waals surface area contributed by atoms with Crippen molar-refractivity contribution in [1.29, 1.82) is 0 Å². The first kappa shape index (κ1) is 11.4. The van der Waals surface area contributed by atoms with Gasteiger partial charge in [0.2, 0.25) is 0 Å². The molecule has 0 radical (unpaired) electrons. The minimum absolute atomic E-state index is 0.570. The highest BCUT2D eigenvalue weighted by molar-refractivity contribution is 5.74. The lowest BCUT2D eigenvalue weighted by Gasteiger charge is -2.13. The second kappa shape index (κ2) is 4.83. The van der Waals surface area contributed by atoms with Crippen molar-refractivity contribution in [2.45, 2.75) is 12.8 Å². The number of carboxylic acid groups (broad SMARTS) is 1. The zero-order chi connectivity index (χ0) is 12.3. The van der Waals surface area contributed by atoms with Gasteiger partial charge in [-0.3, -0.25) is 0 Å². The van der Waals surface area contributed by atoms with Crippen molar-refractivity contribution < 1.29 is 9.90 Å². The molecule has 2 nitrogen and oxygen atoms in total. The van der Waals surface area contributed by atoms with E-state index in [0.717, 1.165) is 16.7 Å². The van der Waals surface area contributed by atoms with E-state index in [2.05, 4.69) is 0 Å². The lowest BCUT2D eigenvalue weighted by molar-refractivity contribution is -0.307. The average Bonchev–Trinajstić information content (AvgIpc) is 2.39.